The number of rotatable bonds is 4. The maximum Gasteiger partial charge on any atom is 0.185 e. The van der Waals surface area contributed by atoms with E-state index in [0.717, 1.165) is 12.8 Å². The molecule has 4 heteroatoms. The normalized spacial score (nSPS) is 23.5. The lowest BCUT2D eigenvalue weighted by Gasteiger charge is -2.30. The summed E-state index contributed by atoms with van der Waals surface area (Å²) < 4.78 is 25.7. The monoisotopic (exact) mass is 292 g/mol. The Kier molecular flexibility index (Phi) is 4.43. The molecule has 0 aromatic heterocycles. The highest BCUT2D eigenvalue weighted by Crippen LogP contribution is 2.35. The molecule has 1 aromatic carbocycles. The SMILES string of the molecule is CCC[C@@H]1CC(=O)C=C(C)[C@H]1S(=O)(=O)c1ccccc1. The first-order chi connectivity index (χ1) is 9.46. The molecule has 1 aliphatic rings. The number of hydrogen-bond acceptors (Lipinski definition) is 3. The third-order valence-corrected chi connectivity index (χ3v) is 6.15. The van der Waals surface area contributed by atoms with Crippen molar-refractivity contribution >= 4 is 15.6 Å². The molecular formula is C16H20O3S. The fraction of sp³-hybridized carbons (Fsp3) is 0.438. The van der Waals surface area contributed by atoms with Crippen molar-refractivity contribution in [1.82, 2.24) is 0 Å². The van der Waals surface area contributed by atoms with E-state index in [4.69, 9.17) is 0 Å². The largest absolute Gasteiger partial charge is 0.295 e. The Morgan fingerprint density at radius 1 is 1.20 bits per heavy atom. The molecule has 0 radical (unpaired) electrons. The predicted octanol–water partition coefficient (Wildman–Crippen LogP) is 3.16. The van der Waals surface area contributed by atoms with Crippen LogP contribution in [0.2, 0.25) is 0 Å². The number of sulfone groups is 1. The zero-order valence-electron chi connectivity index (χ0n) is 11.9. The van der Waals surface area contributed by atoms with Crippen LogP contribution in [0.5, 0.6) is 0 Å². The fourth-order valence-electron chi connectivity index (χ4n) is 3.01. The first kappa shape index (κ1) is 15.0. The molecular weight excluding hydrogens is 272 g/mol. The third kappa shape index (κ3) is 2.85. The van der Waals surface area contributed by atoms with Gasteiger partial charge in [-0.05, 0) is 37.5 Å². The van der Waals surface area contributed by atoms with Gasteiger partial charge in [-0.2, -0.15) is 0 Å². The van der Waals surface area contributed by atoms with Crippen molar-refractivity contribution in [2.45, 2.75) is 43.3 Å². The summed E-state index contributed by atoms with van der Waals surface area (Å²) in [5.74, 6) is -0.0665. The van der Waals surface area contributed by atoms with Crippen LogP contribution in [-0.2, 0) is 14.6 Å². The van der Waals surface area contributed by atoms with Crippen molar-refractivity contribution in [3.05, 3.63) is 42.0 Å². The number of hydrogen-bond donors (Lipinski definition) is 0. The van der Waals surface area contributed by atoms with Crippen LogP contribution in [0.25, 0.3) is 0 Å². The summed E-state index contributed by atoms with van der Waals surface area (Å²) in [5, 5.41) is -0.567. The van der Waals surface area contributed by atoms with Gasteiger partial charge < -0.3 is 0 Å². The van der Waals surface area contributed by atoms with Gasteiger partial charge in [-0.3, -0.25) is 4.79 Å². The Bertz CT molecular complexity index is 614. The van der Waals surface area contributed by atoms with E-state index < -0.39 is 15.1 Å². The number of benzene rings is 1. The molecule has 0 fully saturated rings. The van der Waals surface area contributed by atoms with Gasteiger partial charge >= 0.3 is 0 Å². The van der Waals surface area contributed by atoms with Crippen molar-refractivity contribution in [3.8, 4) is 0 Å². The molecule has 20 heavy (non-hydrogen) atoms. The zero-order chi connectivity index (χ0) is 14.8. The Labute approximate surface area is 120 Å². The summed E-state index contributed by atoms with van der Waals surface area (Å²) in [6.07, 6.45) is 3.47. The predicted molar refractivity (Wildman–Crippen MR) is 79.2 cm³/mol. The van der Waals surface area contributed by atoms with Crippen LogP contribution in [-0.4, -0.2) is 19.5 Å². The summed E-state index contributed by atoms with van der Waals surface area (Å²) in [4.78, 5) is 12.0. The highest BCUT2D eigenvalue weighted by molar-refractivity contribution is 7.92. The van der Waals surface area contributed by atoms with Gasteiger partial charge in [0.25, 0.3) is 0 Å². The molecule has 0 N–H and O–H groups in total. The Balaban J connectivity index is 2.47. The number of allylic oxidation sites excluding steroid dienone is 1. The summed E-state index contributed by atoms with van der Waals surface area (Å²) in [6, 6.07) is 8.52. The van der Waals surface area contributed by atoms with Crippen molar-refractivity contribution in [2.24, 2.45) is 5.92 Å². The summed E-state index contributed by atoms with van der Waals surface area (Å²) in [6.45, 7) is 3.77. The van der Waals surface area contributed by atoms with E-state index >= 15 is 0 Å². The molecule has 0 bridgehead atoms. The lowest BCUT2D eigenvalue weighted by molar-refractivity contribution is -0.115. The van der Waals surface area contributed by atoms with Crippen LogP contribution in [0.3, 0.4) is 0 Å². The second kappa shape index (κ2) is 5.92. The minimum absolute atomic E-state index is 0.0421. The maximum absolute atomic E-state index is 12.8. The topological polar surface area (TPSA) is 51.2 Å². The average Bonchev–Trinajstić information content (AvgIpc) is 2.39. The van der Waals surface area contributed by atoms with Gasteiger partial charge in [0.05, 0.1) is 10.1 Å². The van der Waals surface area contributed by atoms with E-state index in [1.807, 2.05) is 6.92 Å². The van der Waals surface area contributed by atoms with Crippen LogP contribution in [0.15, 0.2) is 46.9 Å². The number of ketones is 1. The summed E-state index contributed by atoms with van der Waals surface area (Å²) in [7, 11) is -3.43. The van der Waals surface area contributed by atoms with Crippen LogP contribution in [0.4, 0.5) is 0 Å². The molecule has 0 spiro atoms. The van der Waals surface area contributed by atoms with Gasteiger partial charge in [0, 0.05) is 6.42 Å². The van der Waals surface area contributed by atoms with Crippen LogP contribution >= 0.6 is 0 Å². The van der Waals surface area contributed by atoms with Crippen LogP contribution in [0.1, 0.15) is 33.1 Å². The minimum Gasteiger partial charge on any atom is -0.295 e. The van der Waals surface area contributed by atoms with Crippen molar-refractivity contribution in [3.63, 3.8) is 0 Å². The maximum atomic E-state index is 12.8. The third-order valence-electron chi connectivity index (χ3n) is 3.79. The van der Waals surface area contributed by atoms with E-state index in [-0.39, 0.29) is 11.7 Å². The highest BCUT2D eigenvalue weighted by Gasteiger charge is 2.38. The number of carbonyl (C=O) groups excluding carboxylic acids is 1. The molecule has 2 rings (SSSR count). The highest BCUT2D eigenvalue weighted by atomic mass is 32.2. The van der Waals surface area contributed by atoms with E-state index in [1.54, 1.807) is 37.3 Å². The van der Waals surface area contributed by atoms with Gasteiger partial charge in [0.1, 0.15) is 0 Å². The molecule has 0 amide bonds. The molecule has 0 saturated carbocycles. The van der Waals surface area contributed by atoms with E-state index in [2.05, 4.69) is 0 Å². The smallest absolute Gasteiger partial charge is 0.185 e. The standard InChI is InChI=1S/C16H20O3S/c1-3-7-13-11-14(17)10-12(2)16(13)20(18,19)15-8-5-4-6-9-15/h4-6,8-10,13,16H,3,7,11H2,1-2H3/t13-,16-/m1/s1. The molecule has 1 aromatic rings. The molecule has 3 nitrogen and oxygen atoms in total. The molecule has 0 heterocycles. The molecule has 0 unspecified atom stereocenters. The van der Waals surface area contributed by atoms with Gasteiger partial charge in [-0.1, -0.05) is 37.1 Å². The van der Waals surface area contributed by atoms with Crippen molar-refractivity contribution in [2.75, 3.05) is 0 Å². The Morgan fingerprint density at radius 2 is 1.85 bits per heavy atom. The van der Waals surface area contributed by atoms with E-state index in [0.29, 0.717) is 16.9 Å². The minimum atomic E-state index is -3.43. The van der Waals surface area contributed by atoms with Gasteiger partial charge in [0.2, 0.25) is 0 Å². The second-order valence-corrected chi connectivity index (χ2v) is 7.46. The quantitative estimate of drug-likeness (QED) is 0.856. The lowest BCUT2D eigenvalue weighted by Crippen LogP contribution is -2.35. The zero-order valence-corrected chi connectivity index (χ0v) is 12.7. The molecule has 108 valence electrons. The van der Waals surface area contributed by atoms with E-state index in [1.165, 1.54) is 6.08 Å². The van der Waals surface area contributed by atoms with Crippen LogP contribution in [0, 0.1) is 5.92 Å². The van der Waals surface area contributed by atoms with Crippen molar-refractivity contribution < 1.29 is 13.2 Å². The molecule has 0 saturated heterocycles. The first-order valence-electron chi connectivity index (χ1n) is 6.96. The second-order valence-electron chi connectivity index (χ2n) is 5.39. The van der Waals surface area contributed by atoms with Crippen LogP contribution < -0.4 is 0 Å². The summed E-state index contributed by atoms with van der Waals surface area (Å²) >= 11 is 0. The molecule has 0 aliphatic heterocycles. The average molecular weight is 292 g/mol. The summed E-state index contributed by atoms with van der Waals surface area (Å²) in [5.41, 5.74) is 0.670. The molecule has 2 atom stereocenters. The molecule has 1 aliphatic carbocycles. The van der Waals surface area contributed by atoms with Gasteiger partial charge in [0.15, 0.2) is 15.6 Å². The van der Waals surface area contributed by atoms with Gasteiger partial charge in [-0.15, -0.1) is 0 Å². The van der Waals surface area contributed by atoms with Gasteiger partial charge in [-0.25, -0.2) is 8.42 Å². The Hall–Kier alpha value is -1.42. The first-order valence-corrected chi connectivity index (χ1v) is 8.51. The fourth-order valence-corrected chi connectivity index (χ4v) is 5.14. The van der Waals surface area contributed by atoms with Crippen molar-refractivity contribution in [1.29, 1.82) is 0 Å². The number of carbonyl (C=O) groups is 1. The van der Waals surface area contributed by atoms with E-state index in [9.17, 15) is 13.2 Å². The lowest BCUT2D eigenvalue weighted by atomic mass is 9.85. The Morgan fingerprint density at radius 3 is 2.45 bits per heavy atom.